The van der Waals surface area contributed by atoms with E-state index in [0.29, 0.717) is 17.1 Å². The lowest BCUT2D eigenvalue weighted by Crippen LogP contribution is -2.25. The maximum absolute atomic E-state index is 12.7. The van der Waals surface area contributed by atoms with Gasteiger partial charge in [-0.3, -0.25) is 9.59 Å². The van der Waals surface area contributed by atoms with Crippen molar-refractivity contribution < 1.29 is 9.59 Å². The third-order valence-electron chi connectivity index (χ3n) is 4.15. The molecule has 1 aliphatic rings. The van der Waals surface area contributed by atoms with E-state index >= 15 is 0 Å². The summed E-state index contributed by atoms with van der Waals surface area (Å²) in [6, 6.07) is 13.1. The number of rotatable bonds is 4. The van der Waals surface area contributed by atoms with E-state index in [1.165, 1.54) is 11.8 Å². The van der Waals surface area contributed by atoms with Crippen LogP contribution in [-0.2, 0) is 11.2 Å². The van der Waals surface area contributed by atoms with E-state index in [-0.39, 0.29) is 16.9 Å². The lowest BCUT2D eigenvalue weighted by Gasteiger charge is -2.15. The zero-order chi connectivity index (χ0) is 17.3. The molecule has 1 heterocycles. The van der Waals surface area contributed by atoms with Crippen LogP contribution in [0.2, 0.25) is 5.02 Å². The first-order chi connectivity index (χ1) is 11.5. The molecule has 2 aromatic carbocycles. The van der Waals surface area contributed by atoms with Crippen molar-refractivity contribution >= 4 is 40.7 Å². The van der Waals surface area contributed by atoms with Crippen LogP contribution in [0.25, 0.3) is 0 Å². The van der Waals surface area contributed by atoms with E-state index in [1.807, 2.05) is 49.4 Å². The Bertz CT molecular complexity index is 806. The average molecular weight is 360 g/mol. The van der Waals surface area contributed by atoms with Crippen molar-refractivity contribution in [3.05, 3.63) is 58.6 Å². The molecule has 1 unspecified atom stereocenters. The number of hydrogen-bond donors (Lipinski definition) is 0. The lowest BCUT2D eigenvalue weighted by atomic mass is 10.0. The van der Waals surface area contributed by atoms with Crippen molar-refractivity contribution in [3.8, 4) is 0 Å². The van der Waals surface area contributed by atoms with Gasteiger partial charge in [0.2, 0.25) is 5.91 Å². The van der Waals surface area contributed by atoms with Crippen LogP contribution in [0.5, 0.6) is 0 Å². The Balaban J connectivity index is 1.78. The SMILES string of the molecule is CC(=O)N1CCc2cc(C(=O)C(C)Sc3ccccc3Cl)ccc21. The molecule has 0 spiro atoms. The molecule has 0 radical (unpaired) electrons. The quantitative estimate of drug-likeness (QED) is 0.590. The van der Waals surface area contributed by atoms with Gasteiger partial charge in [-0.2, -0.15) is 0 Å². The predicted molar refractivity (Wildman–Crippen MR) is 99.3 cm³/mol. The highest BCUT2D eigenvalue weighted by Crippen LogP contribution is 2.33. The molecule has 1 atom stereocenters. The van der Waals surface area contributed by atoms with Crippen LogP contribution < -0.4 is 4.90 Å². The molecular weight excluding hydrogens is 342 g/mol. The molecule has 3 rings (SSSR count). The molecule has 0 bridgehead atoms. The maximum Gasteiger partial charge on any atom is 0.223 e. The van der Waals surface area contributed by atoms with Gasteiger partial charge in [0.05, 0.1) is 10.3 Å². The number of amides is 1. The predicted octanol–water partition coefficient (Wildman–Crippen LogP) is 4.61. The highest BCUT2D eigenvalue weighted by atomic mass is 35.5. The molecule has 1 aliphatic heterocycles. The second kappa shape index (κ2) is 6.99. The topological polar surface area (TPSA) is 37.4 Å². The highest BCUT2D eigenvalue weighted by Gasteiger charge is 2.24. The number of ketones is 1. The number of carbonyl (C=O) groups excluding carboxylic acids is 2. The Morgan fingerprint density at radius 1 is 1.21 bits per heavy atom. The van der Waals surface area contributed by atoms with Crippen LogP contribution >= 0.6 is 23.4 Å². The molecule has 3 nitrogen and oxygen atoms in total. The number of hydrogen-bond acceptors (Lipinski definition) is 3. The van der Waals surface area contributed by atoms with Crippen LogP contribution in [0.3, 0.4) is 0 Å². The van der Waals surface area contributed by atoms with Crippen LogP contribution in [-0.4, -0.2) is 23.5 Å². The second-order valence-corrected chi connectivity index (χ2v) is 7.61. The molecule has 0 saturated heterocycles. The zero-order valence-corrected chi connectivity index (χ0v) is 15.2. The molecule has 0 aliphatic carbocycles. The summed E-state index contributed by atoms with van der Waals surface area (Å²) in [5.41, 5.74) is 2.67. The summed E-state index contributed by atoms with van der Waals surface area (Å²) in [6.45, 7) is 4.15. The van der Waals surface area contributed by atoms with E-state index in [4.69, 9.17) is 11.6 Å². The van der Waals surface area contributed by atoms with E-state index in [0.717, 1.165) is 22.6 Å². The summed E-state index contributed by atoms with van der Waals surface area (Å²) < 4.78 is 0. The van der Waals surface area contributed by atoms with Crippen molar-refractivity contribution in [3.63, 3.8) is 0 Å². The monoisotopic (exact) mass is 359 g/mol. The van der Waals surface area contributed by atoms with Gasteiger partial charge in [0.25, 0.3) is 0 Å². The van der Waals surface area contributed by atoms with Gasteiger partial charge in [0.15, 0.2) is 5.78 Å². The molecule has 5 heteroatoms. The average Bonchev–Trinajstić information content (AvgIpc) is 2.99. The fourth-order valence-corrected chi connectivity index (χ4v) is 4.13. The Morgan fingerprint density at radius 2 is 1.96 bits per heavy atom. The summed E-state index contributed by atoms with van der Waals surface area (Å²) in [7, 11) is 0. The van der Waals surface area contributed by atoms with Gasteiger partial charge < -0.3 is 4.90 Å². The van der Waals surface area contributed by atoms with Crippen LogP contribution in [0, 0.1) is 0 Å². The number of anilines is 1. The largest absolute Gasteiger partial charge is 0.312 e. The molecule has 1 amide bonds. The molecular formula is C19H18ClNO2S. The summed E-state index contributed by atoms with van der Waals surface area (Å²) in [4.78, 5) is 27.0. The van der Waals surface area contributed by atoms with E-state index < -0.39 is 0 Å². The number of benzene rings is 2. The molecule has 24 heavy (non-hydrogen) atoms. The number of Topliss-reactive ketones (excluding diaryl/α,β-unsaturated/α-hetero) is 1. The normalized spacial score (nSPS) is 14.4. The van der Waals surface area contributed by atoms with Crippen molar-refractivity contribution in [1.82, 2.24) is 0 Å². The van der Waals surface area contributed by atoms with Gasteiger partial charge in [-0.25, -0.2) is 0 Å². The highest BCUT2D eigenvalue weighted by molar-refractivity contribution is 8.00. The maximum atomic E-state index is 12.7. The van der Waals surface area contributed by atoms with Gasteiger partial charge in [-0.1, -0.05) is 23.7 Å². The van der Waals surface area contributed by atoms with Crippen molar-refractivity contribution in [2.24, 2.45) is 0 Å². The lowest BCUT2D eigenvalue weighted by molar-refractivity contribution is -0.116. The zero-order valence-electron chi connectivity index (χ0n) is 13.6. The fraction of sp³-hybridized carbons (Fsp3) is 0.263. The molecule has 124 valence electrons. The standard InChI is InChI=1S/C19H18ClNO2S/c1-12(24-18-6-4-3-5-16(18)20)19(23)15-7-8-17-14(11-15)9-10-21(17)13(2)22/h3-8,11-12H,9-10H2,1-2H3. The number of carbonyl (C=O) groups is 2. The molecule has 0 aromatic heterocycles. The fourth-order valence-electron chi connectivity index (χ4n) is 2.90. The Labute approximate surface area is 151 Å². The molecule has 0 fully saturated rings. The summed E-state index contributed by atoms with van der Waals surface area (Å²) in [5.74, 6) is 0.111. The van der Waals surface area contributed by atoms with Crippen LogP contribution in [0.15, 0.2) is 47.4 Å². The van der Waals surface area contributed by atoms with Gasteiger partial charge in [0.1, 0.15) is 0 Å². The van der Waals surface area contributed by atoms with E-state index in [9.17, 15) is 9.59 Å². The number of nitrogens with zero attached hydrogens (tertiary/aromatic N) is 1. The molecule has 2 aromatic rings. The minimum Gasteiger partial charge on any atom is -0.312 e. The van der Waals surface area contributed by atoms with Crippen LogP contribution in [0.1, 0.15) is 29.8 Å². The number of fused-ring (bicyclic) bond motifs is 1. The second-order valence-electron chi connectivity index (χ2n) is 5.82. The summed E-state index contributed by atoms with van der Waals surface area (Å²) >= 11 is 7.64. The third kappa shape index (κ3) is 3.35. The van der Waals surface area contributed by atoms with Crippen LogP contribution in [0.4, 0.5) is 5.69 Å². The smallest absolute Gasteiger partial charge is 0.223 e. The van der Waals surface area contributed by atoms with Crippen molar-refractivity contribution in [2.45, 2.75) is 30.4 Å². The first-order valence-electron chi connectivity index (χ1n) is 7.84. The van der Waals surface area contributed by atoms with Crippen molar-refractivity contribution in [1.29, 1.82) is 0 Å². The first-order valence-corrected chi connectivity index (χ1v) is 9.09. The van der Waals surface area contributed by atoms with Gasteiger partial charge in [0, 0.05) is 29.6 Å². The summed E-state index contributed by atoms with van der Waals surface area (Å²) in [6.07, 6.45) is 0.794. The van der Waals surface area contributed by atoms with Gasteiger partial charge in [-0.15, -0.1) is 11.8 Å². The Morgan fingerprint density at radius 3 is 2.67 bits per heavy atom. The Kier molecular flexibility index (Phi) is 4.97. The van der Waals surface area contributed by atoms with E-state index in [1.54, 1.807) is 11.8 Å². The van der Waals surface area contributed by atoms with Gasteiger partial charge in [-0.05, 0) is 49.2 Å². The number of halogens is 1. The minimum absolute atomic E-state index is 0.0375. The van der Waals surface area contributed by atoms with E-state index in [2.05, 4.69) is 0 Å². The van der Waals surface area contributed by atoms with Gasteiger partial charge >= 0.3 is 0 Å². The molecule has 0 saturated carbocycles. The molecule has 0 N–H and O–H groups in total. The van der Waals surface area contributed by atoms with Crippen molar-refractivity contribution in [2.75, 3.05) is 11.4 Å². The first kappa shape index (κ1) is 17.1. The third-order valence-corrected chi connectivity index (χ3v) is 5.77. The Hall–Kier alpha value is -1.78. The summed E-state index contributed by atoms with van der Waals surface area (Å²) in [5, 5.41) is 0.432. The number of thioether (sulfide) groups is 1. The minimum atomic E-state index is -0.228.